The summed E-state index contributed by atoms with van der Waals surface area (Å²) in [5.41, 5.74) is 1.69. The summed E-state index contributed by atoms with van der Waals surface area (Å²) >= 11 is 1.48. The van der Waals surface area contributed by atoms with Crippen LogP contribution in [0.3, 0.4) is 0 Å². The highest BCUT2D eigenvalue weighted by molar-refractivity contribution is 7.99. The molecule has 3 heterocycles. The standard InChI is InChI=1S/C26H32N8O2S/c1-17-15-23(32-31-17)28-22-16-24(34-13-11-33(12-14-34)10-9-18(2)35)30-26(29-22)37-21-7-5-20(6-8-21)27-25(36)19-3-4-19/h5-8,15-16,19H,3-4,9-14H2,1-2H3,(H,27,36)(H2,28,29,30,31,32). The van der Waals surface area contributed by atoms with Gasteiger partial charge in [-0.2, -0.15) is 5.10 Å². The van der Waals surface area contributed by atoms with E-state index in [0.29, 0.717) is 17.4 Å². The fourth-order valence-electron chi connectivity index (χ4n) is 4.13. The van der Waals surface area contributed by atoms with Crippen molar-refractivity contribution in [1.82, 2.24) is 25.1 Å². The van der Waals surface area contributed by atoms with Crippen LogP contribution in [-0.4, -0.2) is 69.5 Å². The maximum Gasteiger partial charge on any atom is 0.227 e. The highest BCUT2D eigenvalue weighted by Gasteiger charge is 2.29. The number of aromatic amines is 1. The van der Waals surface area contributed by atoms with Crippen LogP contribution in [0.5, 0.6) is 0 Å². The fourth-order valence-corrected chi connectivity index (χ4v) is 4.89. The number of rotatable bonds is 10. The van der Waals surface area contributed by atoms with Crippen molar-refractivity contribution in [2.24, 2.45) is 5.92 Å². The summed E-state index contributed by atoms with van der Waals surface area (Å²) < 4.78 is 0. The molecule has 2 fully saturated rings. The molecule has 0 radical (unpaired) electrons. The van der Waals surface area contributed by atoms with E-state index in [0.717, 1.165) is 73.5 Å². The lowest BCUT2D eigenvalue weighted by Crippen LogP contribution is -2.47. The van der Waals surface area contributed by atoms with Gasteiger partial charge >= 0.3 is 0 Å². The second kappa shape index (κ2) is 11.3. The largest absolute Gasteiger partial charge is 0.354 e. The molecule has 3 aromatic rings. The average molecular weight is 521 g/mol. The van der Waals surface area contributed by atoms with Crippen molar-refractivity contribution in [3.63, 3.8) is 0 Å². The molecule has 0 bridgehead atoms. The minimum Gasteiger partial charge on any atom is -0.354 e. The Kier molecular flexibility index (Phi) is 7.71. The number of carbonyl (C=O) groups excluding carboxylic acids is 2. The molecule has 2 aromatic heterocycles. The molecule has 1 aromatic carbocycles. The molecule has 2 aliphatic rings. The van der Waals surface area contributed by atoms with Gasteiger partial charge in [-0.1, -0.05) is 0 Å². The van der Waals surface area contributed by atoms with Crippen LogP contribution in [0.15, 0.2) is 46.5 Å². The second-order valence-electron chi connectivity index (χ2n) is 9.61. The number of hydrogen-bond acceptors (Lipinski definition) is 9. The van der Waals surface area contributed by atoms with Gasteiger partial charge in [-0.05, 0) is 62.7 Å². The van der Waals surface area contributed by atoms with Crippen LogP contribution < -0.4 is 15.5 Å². The zero-order valence-corrected chi connectivity index (χ0v) is 22.0. The van der Waals surface area contributed by atoms with Gasteiger partial charge < -0.3 is 15.5 Å². The van der Waals surface area contributed by atoms with Gasteiger partial charge in [-0.15, -0.1) is 0 Å². The molecular formula is C26H32N8O2S. The van der Waals surface area contributed by atoms with Crippen molar-refractivity contribution in [3.8, 4) is 0 Å². The van der Waals surface area contributed by atoms with Gasteiger partial charge in [0.05, 0.1) is 5.69 Å². The van der Waals surface area contributed by atoms with Gasteiger partial charge in [0.2, 0.25) is 5.91 Å². The molecule has 10 nitrogen and oxygen atoms in total. The quantitative estimate of drug-likeness (QED) is 0.342. The third kappa shape index (κ3) is 7.07. The van der Waals surface area contributed by atoms with Gasteiger partial charge in [-0.25, -0.2) is 9.97 Å². The number of carbonyl (C=O) groups is 2. The van der Waals surface area contributed by atoms with Crippen molar-refractivity contribution in [1.29, 1.82) is 0 Å². The lowest BCUT2D eigenvalue weighted by molar-refractivity contribution is -0.118. The molecule has 1 aliphatic carbocycles. The summed E-state index contributed by atoms with van der Waals surface area (Å²) in [6.07, 6.45) is 2.56. The minimum absolute atomic E-state index is 0.0996. The SMILES string of the molecule is CC(=O)CCN1CCN(c2cc(Nc3cc(C)n[nH]3)nc(Sc3ccc(NC(=O)C4CC4)cc3)n2)CC1. The van der Waals surface area contributed by atoms with Gasteiger partial charge in [0.25, 0.3) is 0 Å². The first-order valence-corrected chi connectivity index (χ1v) is 13.5. The van der Waals surface area contributed by atoms with E-state index in [-0.39, 0.29) is 17.6 Å². The topological polar surface area (TPSA) is 119 Å². The first kappa shape index (κ1) is 25.2. The zero-order valence-electron chi connectivity index (χ0n) is 21.2. The van der Waals surface area contributed by atoms with Crippen LogP contribution >= 0.6 is 11.8 Å². The van der Waals surface area contributed by atoms with E-state index in [9.17, 15) is 9.59 Å². The molecule has 1 saturated heterocycles. The minimum atomic E-state index is 0.0996. The Bertz CT molecular complexity index is 1250. The van der Waals surface area contributed by atoms with Gasteiger partial charge in [-0.3, -0.25) is 19.6 Å². The number of amides is 1. The molecule has 3 N–H and O–H groups in total. The monoisotopic (exact) mass is 520 g/mol. The van der Waals surface area contributed by atoms with E-state index in [1.807, 2.05) is 43.3 Å². The summed E-state index contributed by atoms with van der Waals surface area (Å²) in [4.78, 5) is 38.6. The van der Waals surface area contributed by atoms with Crippen molar-refractivity contribution in [2.75, 3.05) is 48.3 Å². The Hall–Kier alpha value is -3.44. The molecule has 11 heteroatoms. The number of ketones is 1. The van der Waals surface area contributed by atoms with Crippen LogP contribution in [0.25, 0.3) is 0 Å². The summed E-state index contributed by atoms with van der Waals surface area (Å²) in [7, 11) is 0. The average Bonchev–Trinajstić information content (AvgIpc) is 3.66. The van der Waals surface area contributed by atoms with Crippen LogP contribution in [0.2, 0.25) is 0 Å². The predicted molar refractivity (Wildman–Crippen MR) is 145 cm³/mol. The maximum atomic E-state index is 12.0. The van der Waals surface area contributed by atoms with Crippen molar-refractivity contribution < 1.29 is 9.59 Å². The van der Waals surface area contributed by atoms with Gasteiger partial charge in [0.15, 0.2) is 5.16 Å². The summed E-state index contributed by atoms with van der Waals surface area (Å²) in [5.74, 6) is 2.80. The number of piperazine rings is 1. The third-order valence-corrected chi connectivity index (χ3v) is 7.29. The maximum absolute atomic E-state index is 12.0. The summed E-state index contributed by atoms with van der Waals surface area (Å²) in [6.45, 7) is 7.80. The van der Waals surface area contributed by atoms with E-state index >= 15 is 0 Å². The summed E-state index contributed by atoms with van der Waals surface area (Å²) in [6, 6.07) is 11.7. The molecular weight excluding hydrogens is 488 g/mol. The smallest absolute Gasteiger partial charge is 0.227 e. The Morgan fingerprint density at radius 3 is 2.49 bits per heavy atom. The predicted octanol–water partition coefficient (Wildman–Crippen LogP) is 3.85. The second-order valence-corrected chi connectivity index (χ2v) is 10.7. The Morgan fingerprint density at radius 2 is 1.84 bits per heavy atom. The molecule has 5 rings (SSSR count). The lowest BCUT2D eigenvalue weighted by atomic mass is 10.2. The van der Waals surface area contributed by atoms with Crippen molar-refractivity contribution in [2.45, 2.75) is 43.2 Å². The van der Waals surface area contributed by atoms with E-state index in [1.54, 1.807) is 6.92 Å². The third-order valence-electron chi connectivity index (χ3n) is 6.42. The van der Waals surface area contributed by atoms with E-state index in [2.05, 4.69) is 30.6 Å². The van der Waals surface area contributed by atoms with E-state index in [4.69, 9.17) is 9.97 Å². The van der Waals surface area contributed by atoms with Crippen LogP contribution in [0.4, 0.5) is 23.1 Å². The number of nitrogens with zero attached hydrogens (tertiary/aromatic N) is 5. The number of nitrogens with one attached hydrogen (secondary N) is 3. The number of benzene rings is 1. The Morgan fingerprint density at radius 1 is 1.08 bits per heavy atom. The lowest BCUT2D eigenvalue weighted by Gasteiger charge is -2.35. The number of H-pyrrole nitrogens is 1. The van der Waals surface area contributed by atoms with Gasteiger partial charge in [0.1, 0.15) is 23.2 Å². The Balaban J connectivity index is 1.30. The van der Waals surface area contributed by atoms with Crippen molar-refractivity contribution in [3.05, 3.63) is 42.1 Å². The first-order chi connectivity index (χ1) is 17.9. The fraction of sp³-hybridized carbons (Fsp3) is 0.423. The molecule has 194 valence electrons. The molecule has 1 saturated carbocycles. The van der Waals surface area contributed by atoms with Gasteiger partial charge in [0, 0.05) is 67.8 Å². The molecule has 37 heavy (non-hydrogen) atoms. The molecule has 1 amide bonds. The van der Waals surface area contributed by atoms with E-state index < -0.39 is 0 Å². The normalized spacial score (nSPS) is 16.0. The number of Topliss-reactive ketones (excluding diaryl/α,β-unsaturated/α-hetero) is 1. The van der Waals surface area contributed by atoms with Crippen LogP contribution in [-0.2, 0) is 9.59 Å². The number of hydrogen-bond donors (Lipinski definition) is 3. The summed E-state index contributed by atoms with van der Waals surface area (Å²) in [5, 5.41) is 14.1. The molecule has 1 aliphatic heterocycles. The first-order valence-electron chi connectivity index (χ1n) is 12.6. The molecule has 0 spiro atoms. The highest BCUT2D eigenvalue weighted by atomic mass is 32.2. The Labute approximate surface area is 220 Å². The molecule has 0 unspecified atom stereocenters. The van der Waals surface area contributed by atoms with E-state index in [1.165, 1.54) is 11.8 Å². The zero-order chi connectivity index (χ0) is 25.8. The number of aryl methyl sites for hydroxylation is 1. The van der Waals surface area contributed by atoms with Crippen LogP contribution in [0.1, 0.15) is 31.9 Å². The highest BCUT2D eigenvalue weighted by Crippen LogP contribution is 2.32. The molecule has 0 atom stereocenters. The number of anilines is 4. The van der Waals surface area contributed by atoms with Crippen molar-refractivity contribution >= 4 is 46.6 Å². The van der Waals surface area contributed by atoms with Crippen LogP contribution in [0, 0.1) is 12.8 Å². The number of aromatic nitrogens is 4.